The van der Waals surface area contributed by atoms with Crippen LogP contribution in [0.2, 0.25) is 0 Å². The van der Waals surface area contributed by atoms with Gasteiger partial charge in [-0.05, 0) is 11.6 Å². The van der Waals surface area contributed by atoms with Gasteiger partial charge in [-0.3, -0.25) is 4.79 Å². The molecule has 0 atom stereocenters. The molecule has 1 heterocycles. The molecule has 0 fully saturated rings. The first-order chi connectivity index (χ1) is 11.9. The predicted octanol–water partition coefficient (Wildman–Crippen LogP) is 2.46. The van der Waals surface area contributed by atoms with E-state index in [0.29, 0.717) is 12.1 Å². The highest BCUT2D eigenvalue weighted by molar-refractivity contribution is 7.90. The Morgan fingerprint density at radius 3 is 2.44 bits per heavy atom. The summed E-state index contributed by atoms with van der Waals surface area (Å²) in [5.74, 6) is -0.326. The van der Waals surface area contributed by atoms with Gasteiger partial charge in [-0.15, -0.1) is 0 Å². The van der Waals surface area contributed by atoms with Crippen molar-refractivity contribution in [2.45, 2.75) is 6.54 Å². The molecule has 1 amide bonds. The maximum atomic E-state index is 12.5. The summed E-state index contributed by atoms with van der Waals surface area (Å²) < 4.78 is 24.5. The molecule has 1 aromatic heterocycles. The Morgan fingerprint density at radius 2 is 1.72 bits per heavy atom. The van der Waals surface area contributed by atoms with Crippen molar-refractivity contribution in [2.75, 3.05) is 18.6 Å². The van der Waals surface area contributed by atoms with Crippen LogP contribution in [0.5, 0.6) is 0 Å². The summed E-state index contributed by atoms with van der Waals surface area (Å²) in [6.07, 6.45) is 2.98. The maximum absolute atomic E-state index is 12.5. The van der Waals surface area contributed by atoms with Gasteiger partial charge in [0.1, 0.15) is 9.84 Å². The quantitative estimate of drug-likeness (QED) is 0.738. The lowest BCUT2D eigenvalue weighted by Gasteiger charge is -2.05. The summed E-state index contributed by atoms with van der Waals surface area (Å²) in [6, 6.07) is 17.7. The molecule has 3 rings (SSSR count). The number of carbonyl (C=O) groups is 1. The Kier molecular flexibility index (Phi) is 4.90. The Hall–Kier alpha value is -2.60. The second kappa shape index (κ2) is 7.11. The number of carbonyl (C=O) groups excluding carboxylic acids is 1. The van der Waals surface area contributed by atoms with Crippen molar-refractivity contribution in [2.24, 2.45) is 0 Å². The van der Waals surface area contributed by atoms with Gasteiger partial charge in [0.15, 0.2) is 0 Å². The second-order valence-electron chi connectivity index (χ2n) is 6.06. The molecule has 0 aliphatic rings. The number of aromatic nitrogens is 1. The molecule has 0 aliphatic heterocycles. The highest BCUT2D eigenvalue weighted by Gasteiger charge is 2.15. The molecule has 0 unspecified atom stereocenters. The number of hydrogen-bond acceptors (Lipinski definition) is 3. The summed E-state index contributed by atoms with van der Waals surface area (Å²) in [4.78, 5) is 12.5. The zero-order valence-corrected chi connectivity index (χ0v) is 14.8. The number of sulfone groups is 1. The summed E-state index contributed by atoms with van der Waals surface area (Å²) in [7, 11) is -3.10. The van der Waals surface area contributed by atoms with Gasteiger partial charge in [0, 0.05) is 36.4 Å². The Bertz CT molecular complexity index is 992. The molecule has 130 valence electrons. The third-order valence-electron chi connectivity index (χ3n) is 3.99. The van der Waals surface area contributed by atoms with E-state index in [1.807, 2.05) is 65.4 Å². The van der Waals surface area contributed by atoms with E-state index >= 15 is 0 Å². The lowest BCUT2D eigenvalue weighted by Crippen LogP contribution is -2.28. The van der Waals surface area contributed by atoms with Crippen molar-refractivity contribution in [3.8, 4) is 0 Å². The van der Waals surface area contributed by atoms with E-state index in [-0.39, 0.29) is 18.2 Å². The van der Waals surface area contributed by atoms with E-state index in [2.05, 4.69) is 5.32 Å². The van der Waals surface area contributed by atoms with E-state index in [0.717, 1.165) is 22.7 Å². The summed E-state index contributed by atoms with van der Waals surface area (Å²) in [5.41, 5.74) is 2.67. The van der Waals surface area contributed by atoms with E-state index in [9.17, 15) is 13.2 Å². The molecule has 0 saturated carbocycles. The SMILES string of the molecule is CS(=O)(=O)CCNC(=O)c1cn(Cc2ccccc2)c2ccccc12. The summed E-state index contributed by atoms with van der Waals surface area (Å²) >= 11 is 0. The molecule has 0 radical (unpaired) electrons. The van der Waals surface area contributed by atoms with Gasteiger partial charge in [-0.2, -0.15) is 0 Å². The molecule has 0 spiro atoms. The predicted molar refractivity (Wildman–Crippen MR) is 99.5 cm³/mol. The zero-order valence-electron chi connectivity index (χ0n) is 14.0. The van der Waals surface area contributed by atoms with Gasteiger partial charge in [-0.25, -0.2) is 8.42 Å². The largest absolute Gasteiger partial charge is 0.351 e. The highest BCUT2D eigenvalue weighted by Crippen LogP contribution is 2.22. The minimum Gasteiger partial charge on any atom is -0.351 e. The number of hydrogen-bond donors (Lipinski definition) is 1. The van der Waals surface area contributed by atoms with Gasteiger partial charge in [0.2, 0.25) is 0 Å². The third kappa shape index (κ3) is 4.28. The fourth-order valence-corrected chi connectivity index (χ4v) is 3.26. The van der Waals surface area contributed by atoms with Crippen LogP contribution < -0.4 is 5.32 Å². The molecule has 2 aromatic carbocycles. The Balaban J connectivity index is 1.87. The first-order valence-electron chi connectivity index (χ1n) is 8.02. The van der Waals surface area contributed by atoms with E-state index in [1.165, 1.54) is 0 Å². The van der Waals surface area contributed by atoms with Crippen molar-refractivity contribution in [1.82, 2.24) is 9.88 Å². The maximum Gasteiger partial charge on any atom is 0.253 e. The van der Waals surface area contributed by atoms with E-state index in [4.69, 9.17) is 0 Å². The van der Waals surface area contributed by atoms with Crippen molar-refractivity contribution in [3.05, 3.63) is 71.9 Å². The van der Waals surface area contributed by atoms with Crippen LogP contribution in [0.3, 0.4) is 0 Å². The molecule has 0 saturated heterocycles. The number of para-hydroxylation sites is 1. The monoisotopic (exact) mass is 356 g/mol. The number of amides is 1. The molecule has 25 heavy (non-hydrogen) atoms. The van der Waals surface area contributed by atoms with Crippen molar-refractivity contribution >= 4 is 26.6 Å². The average Bonchev–Trinajstić information content (AvgIpc) is 2.94. The fourth-order valence-electron chi connectivity index (χ4n) is 2.78. The minimum atomic E-state index is -3.10. The van der Waals surface area contributed by atoms with Crippen LogP contribution in [0.4, 0.5) is 0 Å². The van der Waals surface area contributed by atoms with Crippen LogP contribution in [0.1, 0.15) is 15.9 Å². The Labute approximate surface area is 147 Å². The number of benzene rings is 2. The van der Waals surface area contributed by atoms with Gasteiger partial charge in [0.25, 0.3) is 5.91 Å². The van der Waals surface area contributed by atoms with E-state index < -0.39 is 9.84 Å². The molecule has 0 bridgehead atoms. The third-order valence-corrected chi connectivity index (χ3v) is 4.93. The van der Waals surface area contributed by atoms with Gasteiger partial charge < -0.3 is 9.88 Å². The minimum absolute atomic E-state index is 0.0681. The van der Waals surface area contributed by atoms with Crippen LogP contribution in [0, 0.1) is 0 Å². The van der Waals surface area contributed by atoms with Gasteiger partial charge >= 0.3 is 0 Å². The lowest BCUT2D eigenvalue weighted by molar-refractivity contribution is 0.0957. The van der Waals surface area contributed by atoms with Crippen molar-refractivity contribution in [1.29, 1.82) is 0 Å². The fraction of sp³-hybridized carbons (Fsp3) is 0.211. The summed E-state index contributed by atoms with van der Waals surface area (Å²) in [6.45, 7) is 0.772. The topological polar surface area (TPSA) is 68.2 Å². The zero-order chi connectivity index (χ0) is 17.9. The summed E-state index contributed by atoms with van der Waals surface area (Å²) in [5, 5.41) is 3.55. The van der Waals surface area contributed by atoms with Crippen molar-refractivity contribution in [3.63, 3.8) is 0 Å². The first kappa shape index (κ1) is 17.2. The number of nitrogens with one attached hydrogen (secondary N) is 1. The van der Waals surface area contributed by atoms with Crippen LogP contribution >= 0.6 is 0 Å². The van der Waals surface area contributed by atoms with E-state index in [1.54, 1.807) is 0 Å². The number of nitrogens with zero attached hydrogens (tertiary/aromatic N) is 1. The molecule has 0 aliphatic carbocycles. The number of fused-ring (bicyclic) bond motifs is 1. The number of rotatable bonds is 6. The molecule has 1 N–H and O–H groups in total. The molecular formula is C19H20N2O3S. The van der Waals surface area contributed by atoms with Crippen LogP contribution in [0.25, 0.3) is 10.9 Å². The highest BCUT2D eigenvalue weighted by atomic mass is 32.2. The standard InChI is InChI=1S/C19H20N2O3S/c1-25(23,24)12-11-20-19(22)17-14-21(13-15-7-3-2-4-8-15)18-10-6-5-9-16(17)18/h2-10,14H,11-13H2,1H3,(H,20,22). The first-order valence-corrected chi connectivity index (χ1v) is 10.1. The normalized spacial score (nSPS) is 11.6. The average molecular weight is 356 g/mol. The molecule has 3 aromatic rings. The van der Waals surface area contributed by atoms with Crippen LogP contribution in [-0.2, 0) is 16.4 Å². The van der Waals surface area contributed by atoms with Crippen LogP contribution in [0.15, 0.2) is 60.8 Å². The van der Waals surface area contributed by atoms with Crippen LogP contribution in [-0.4, -0.2) is 37.4 Å². The van der Waals surface area contributed by atoms with Gasteiger partial charge in [-0.1, -0.05) is 48.5 Å². The molecule has 5 nitrogen and oxygen atoms in total. The van der Waals surface area contributed by atoms with Gasteiger partial charge in [0.05, 0.1) is 11.3 Å². The molecular weight excluding hydrogens is 336 g/mol. The second-order valence-corrected chi connectivity index (χ2v) is 8.32. The molecule has 6 heteroatoms. The van der Waals surface area contributed by atoms with Crippen molar-refractivity contribution < 1.29 is 13.2 Å². The Morgan fingerprint density at radius 1 is 1.04 bits per heavy atom. The smallest absolute Gasteiger partial charge is 0.253 e. The lowest BCUT2D eigenvalue weighted by atomic mass is 10.1.